The van der Waals surface area contributed by atoms with E-state index in [4.69, 9.17) is 4.42 Å². The van der Waals surface area contributed by atoms with Crippen molar-refractivity contribution in [1.29, 1.82) is 0 Å². The van der Waals surface area contributed by atoms with Gasteiger partial charge in [0, 0.05) is 37.2 Å². The van der Waals surface area contributed by atoms with E-state index < -0.39 is 0 Å². The van der Waals surface area contributed by atoms with Crippen LogP contribution in [0.1, 0.15) is 40.7 Å². The van der Waals surface area contributed by atoms with Crippen molar-refractivity contribution in [2.75, 3.05) is 13.1 Å². The average Bonchev–Trinajstić information content (AvgIpc) is 3.32. The number of halogens is 1. The molecule has 0 atom stereocenters. The molecule has 1 aromatic heterocycles. The van der Waals surface area contributed by atoms with Gasteiger partial charge in [0.1, 0.15) is 11.3 Å². The third kappa shape index (κ3) is 5.46. The first-order valence-electron chi connectivity index (χ1n) is 12.2. The van der Waals surface area contributed by atoms with Gasteiger partial charge in [0.15, 0.2) is 5.58 Å². The van der Waals surface area contributed by atoms with E-state index >= 15 is 0 Å². The van der Waals surface area contributed by atoms with Crippen molar-refractivity contribution in [3.05, 3.63) is 89.2 Å². The van der Waals surface area contributed by atoms with Crippen LogP contribution in [0.3, 0.4) is 0 Å². The Hall–Kier alpha value is -4.00. The molecule has 2 amide bonds. The highest BCUT2D eigenvalue weighted by Gasteiger charge is 2.25. The van der Waals surface area contributed by atoms with Gasteiger partial charge in [-0.15, -0.1) is 0 Å². The fourth-order valence-electron chi connectivity index (χ4n) is 4.54. The predicted molar refractivity (Wildman–Crippen MR) is 136 cm³/mol. The van der Waals surface area contributed by atoms with Crippen LogP contribution in [0.4, 0.5) is 4.39 Å². The molecular weight excluding hydrogens is 457 g/mol. The SMILES string of the molecule is Cc1ccc(-c2nc3cc(C(=O)N4CCC(CC(=O)NCc5ccc(F)cc5)CC4)ccc3o2)cc1. The van der Waals surface area contributed by atoms with Gasteiger partial charge in [0.2, 0.25) is 11.8 Å². The first kappa shape index (κ1) is 23.7. The summed E-state index contributed by atoms with van der Waals surface area (Å²) in [5, 5.41) is 2.90. The molecule has 1 N–H and O–H groups in total. The number of carbonyl (C=O) groups excluding carboxylic acids is 2. The maximum absolute atomic E-state index is 13.1. The highest BCUT2D eigenvalue weighted by Crippen LogP contribution is 2.27. The third-order valence-electron chi connectivity index (χ3n) is 6.71. The molecule has 0 bridgehead atoms. The maximum Gasteiger partial charge on any atom is 0.253 e. The molecule has 0 unspecified atom stereocenters. The van der Waals surface area contributed by atoms with Crippen LogP contribution in [0.2, 0.25) is 0 Å². The quantitative estimate of drug-likeness (QED) is 0.391. The molecule has 184 valence electrons. The summed E-state index contributed by atoms with van der Waals surface area (Å²) in [4.78, 5) is 31.9. The summed E-state index contributed by atoms with van der Waals surface area (Å²) in [5.41, 5.74) is 4.81. The number of carbonyl (C=O) groups is 2. The average molecular weight is 486 g/mol. The summed E-state index contributed by atoms with van der Waals surface area (Å²) >= 11 is 0. The number of aryl methyl sites for hydroxylation is 1. The van der Waals surface area contributed by atoms with Crippen LogP contribution in [0.5, 0.6) is 0 Å². The predicted octanol–water partition coefficient (Wildman–Crippen LogP) is 5.50. The van der Waals surface area contributed by atoms with Crippen molar-refractivity contribution >= 4 is 22.9 Å². The van der Waals surface area contributed by atoms with Gasteiger partial charge >= 0.3 is 0 Å². The van der Waals surface area contributed by atoms with Gasteiger partial charge in [-0.05, 0) is 73.7 Å². The molecule has 2 heterocycles. The van der Waals surface area contributed by atoms with Crippen molar-refractivity contribution in [1.82, 2.24) is 15.2 Å². The summed E-state index contributed by atoms with van der Waals surface area (Å²) < 4.78 is 18.9. The Morgan fingerprint density at radius 2 is 1.75 bits per heavy atom. The van der Waals surface area contributed by atoms with Gasteiger partial charge in [-0.2, -0.15) is 0 Å². The highest BCUT2D eigenvalue weighted by atomic mass is 19.1. The Kier molecular flexibility index (Phi) is 6.80. The first-order valence-corrected chi connectivity index (χ1v) is 12.2. The van der Waals surface area contributed by atoms with Gasteiger partial charge in [-0.25, -0.2) is 9.37 Å². The van der Waals surface area contributed by atoms with E-state index in [1.165, 1.54) is 12.1 Å². The summed E-state index contributed by atoms with van der Waals surface area (Å²) in [6, 6.07) is 19.4. The van der Waals surface area contributed by atoms with E-state index in [0.717, 1.165) is 29.5 Å². The smallest absolute Gasteiger partial charge is 0.253 e. The third-order valence-corrected chi connectivity index (χ3v) is 6.71. The molecule has 4 aromatic rings. The number of fused-ring (bicyclic) bond motifs is 1. The van der Waals surface area contributed by atoms with E-state index in [2.05, 4.69) is 10.3 Å². The zero-order valence-electron chi connectivity index (χ0n) is 20.2. The van der Waals surface area contributed by atoms with Gasteiger partial charge < -0.3 is 14.6 Å². The fraction of sp³-hybridized carbons (Fsp3) is 0.276. The second kappa shape index (κ2) is 10.3. The zero-order valence-corrected chi connectivity index (χ0v) is 20.2. The van der Waals surface area contributed by atoms with E-state index in [-0.39, 0.29) is 23.5 Å². The number of amides is 2. The molecule has 0 saturated carbocycles. The number of oxazole rings is 1. The zero-order chi connectivity index (χ0) is 25.1. The van der Waals surface area contributed by atoms with Crippen LogP contribution in [0.15, 0.2) is 71.1 Å². The molecule has 5 rings (SSSR count). The number of hydrogen-bond donors (Lipinski definition) is 1. The lowest BCUT2D eigenvalue weighted by atomic mass is 9.92. The summed E-state index contributed by atoms with van der Waals surface area (Å²) in [5.74, 6) is 0.422. The van der Waals surface area contributed by atoms with Crippen LogP contribution in [0.25, 0.3) is 22.6 Å². The maximum atomic E-state index is 13.1. The summed E-state index contributed by atoms with van der Waals surface area (Å²) in [6.45, 7) is 3.63. The van der Waals surface area contributed by atoms with E-state index in [1.807, 2.05) is 36.1 Å². The lowest BCUT2D eigenvalue weighted by molar-refractivity contribution is -0.122. The highest BCUT2D eigenvalue weighted by molar-refractivity contribution is 5.97. The number of benzene rings is 3. The summed E-state index contributed by atoms with van der Waals surface area (Å²) in [6.07, 6.45) is 1.98. The number of likely N-dealkylation sites (tertiary alicyclic amines) is 1. The van der Waals surface area contributed by atoms with E-state index in [1.54, 1.807) is 30.3 Å². The Morgan fingerprint density at radius 1 is 1.03 bits per heavy atom. The van der Waals surface area contributed by atoms with Gasteiger partial charge in [0.25, 0.3) is 5.91 Å². The molecular formula is C29H28FN3O3. The molecule has 0 spiro atoms. The van der Waals surface area contributed by atoms with Crippen molar-refractivity contribution in [3.8, 4) is 11.5 Å². The molecule has 7 heteroatoms. The van der Waals surface area contributed by atoms with E-state index in [0.29, 0.717) is 48.6 Å². The minimum absolute atomic E-state index is 0.0232. The topological polar surface area (TPSA) is 75.4 Å². The number of rotatable bonds is 6. The molecule has 0 aliphatic carbocycles. The molecule has 6 nitrogen and oxygen atoms in total. The molecule has 1 aliphatic rings. The number of nitrogens with one attached hydrogen (secondary N) is 1. The molecule has 1 aliphatic heterocycles. The Balaban J connectivity index is 1.15. The molecule has 0 radical (unpaired) electrons. The van der Waals surface area contributed by atoms with Crippen molar-refractivity contribution in [2.45, 2.75) is 32.7 Å². The molecule has 1 saturated heterocycles. The molecule has 1 fully saturated rings. The molecule has 36 heavy (non-hydrogen) atoms. The number of piperidine rings is 1. The van der Waals surface area contributed by atoms with Crippen LogP contribution in [0, 0.1) is 18.7 Å². The Bertz CT molecular complexity index is 1370. The number of nitrogens with zero attached hydrogens (tertiary/aromatic N) is 2. The largest absolute Gasteiger partial charge is 0.436 e. The standard InChI is InChI=1S/C29H28FN3O3/c1-19-2-6-22(7-3-19)28-32-25-17-23(8-11-26(25)36-28)29(35)33-14-12-20(13-15-33)16-27(34)31-18-21-4-9-24(30)10-5-21/h2-11,17,20H,12-16,18H2,1H3,(H,31,34). The number of aromatic nitrogens is 1. The van der Waals surface area contributed by atoms with Crippen molar-refractivity contribution in [3.63, 3.8) is 0 Å². The van der Waals surface area contributed by atoms with Crippen LogP contribution < -0.4 is 5.32 Å². The van der Waals surface area contributed by atoms with Gasteiger partial charge in [-0.3, -0.25) is 9.59 Å². The molecule has 3 aromatic carbocycles. The normalized spacial score (nSPS) is 14.2. The minimum Gasteiger partial charge on any atom is -0.436 e. The van der Waals surface area contributed by atoms with Crippen molar-refractivity contribution in [2.24, 2.45) is 5.92 Å². The summed E-state index contributed by atoms with van der Waals surface area (Å²) in [7, 11) is 0. The van der Waals surface area contributed by atoms with Crippen LogP contribution in [-0.2, 0) is 11.3 Å². The van der Waals surface area contributed by atoms with Crippen molar-refractivity contribution < 1.29 is 18.4 Å². The lowest BCUT2D eigenvalue weighted by Crippen LogP contribution is -2.39. The second-order valence-corrected chi connectivity index (χ2v) is 9.41. The van der Waals surface area contributed by atoms with Gasteiger partial charge in [0.05, 0.1) is 0 Å². The second-order valence-electron chi connectivity index (χ2n) is 9.41. The van der Waals surface area contributed by atoms with Crippen LogP contribution >= 0.6 is 0 Å². The number of hydrogen-bond acceptors (Lipinski definition) is 4. The first-order chi connectivity index (χ1) is 17.4. The van der Waals surface area contributed by atoms with Crippen LogP contribution in [-0.4, -0.2) is 34.8 Å². The Labute approximate surface area is 209 Å². The fourth-order valence-corrected chi connectivity index (χ4v) is 4.54. The minimum atomic E-state index is -0.292. The Morgan fingerprint density at radius 3 is 2.47 bits per heavy atom. The lowest BCUT2D eigenvalue weighted by Gasteiger charge is -2.31. The van der Waals surface area contributed by atoms with E-state index in [9.17, 15) is 14.0 Å². The van der Waals surface area contributed by atoms with Gasteiger partial charge in [-0.1, -0.05) is 29.8 Å². The monoisotopic (exact) mass is 485 g/mol.